The maximum absolute atomic E-state index is 11.8. The van der Waals surface area contributed by atoms with Crippen molar-refractivity contribution < 1.29 is 4.79 Å². The second-order valence-corrected chi connectivity index (χ2v) is 5.36. The molecular weight excluding hydrogens is 262 g/mol. The number of amides is 2. The van der Waals surface area contributed by atoms with Crippen LogP contribution in [0.4, 0.5) is 10.5 Å². The third-order valence-electron chi connectivity index (χ3n) is 3.62. The van der Waals surface area contributed by atoms with E-state index in [-0.39, 0.29) is 6.03 Å². The topological polar surface area (TPSA) is 53.5 Å². The van der Waals surface area contributed by atoms with Crippen molar-refractivity contribution in [1.82, 2.24) is 5.43 Å². The lowest BCUT2D eigenvalue weighted by Crippen LogP contribution is -2.27. The average molecular weight is 283 g/mol. The minimum absolute atomic E-state index is 0.334. The first kappa shape index (κ1) is 15.0. The Labute approximate surface area is 125 Å². The lowest BCUT2D eigenvalue weighted by molar-refractivity contribution is 0.252. The van der Waals surface area contributed by atoms with Crippen LogP contribution >= 0.6 is 0 Å². The van der Waals surface area contributed by atoms with Gasteiger partial charge in [0.2, 0.25) is 0 Å². The molecule has 2 rings (SSSR count). The van der Waals surface area contributed by atoms with E-state index in [1.54, 1.807) is 0 Å². The van der Waals surface area contributed by atoms with Gasteiger partial charge in [0.1, 0.15) is 0 Å². The Kier molecular flexibility index (Phi) is 4.93. The molecule has 0 bridgehead atoms. The van der Waals surface area contributed by atoms with Gasteiger partial charge in [-0.1, -0.05) is 36.4 Å². The third kappa shape index (κ3) is 4.31. The predicted octanol–water partition coefficient (Wildman–Crippen LogP) is 4.10. The van der Waals surface area contributed by atoms with Crippen molar-refractivity contribution in [2.24, 2.45) is 11.0 Å². The fourth-order valence-electron chi connectivity index (χ4n) is 2.22. The van der Waals surface area contributed by atoms with Gasteiger partial charge >= 0.3 is 6.03 Å². The summed E-state index contributed by atoms with van der Waals surface area (Å²) < 4.78 is 0. The molecule has 0 spiro atoms. The van der Waals surface area contributed by atoms with Crippen LogP contribution in [0.3, 0.4) is 0 Å². The fraction of sp³-hybridized carbons (Fsp3) is 0.294. The summed E-state index contributed by atoms with van der Waals surface area (Å²) in [5.41, 5.74) is 6.49. The van der Waals surface area contributed by atoms with Gasteiger partial charge < -0.3 is 5.32 Å². The van der Waals surface area contributed by atoms with Gasteiger partial charge in [-0.25, -0.2) is 10.2 Å². The molecule has 1 aliphatic carbocycles. The molecule has 0 fully saturated rings. The summed E-state index contributed by atoms with van der Waals surface area (Å²) in [5, 5.41) is 6.97. The lowest BCUT2D eigenvalue weighted by atomic mass is 9.85. The van der Waals surface area contributed by atoms with E-state index in [1.807, 2.05) is 44.2 Å². The number of carbonyl (C=O) groups is 1. The zero-order valence-electron chi connectivity index (χ0n) is 12.5. The van der Waals surface area contributed by atoms with Crippen molar-refractivity contribution in [2.75, 3.05) is 5.32 Å². The number of anilines is 1. The van der Waals surface area contributed by atoms with Gasteiger partial charge in [-0.3, -0.25) is 0 Å². The monoisotopic (exact) mass is 283 g/mol. The van der Waals surface area contributed by atoms with Gasteiger partial charge in [0.05, 0.1) is 5.71 Å². The van der Waals surface area contributed by atoms with Crippen molar-refractivity contribution in [2.45, 2.75) is 26.7 Å². The van der Waals surface area contributed by atoms with E-state index in [4.69, 9.17) is 0 Å². The van der Waals surface area contributed by atoms with Crippen LogP contribution in [0.1, 0.15) is 26.7 Å². The molecule has 4 heteroatoms. The summed E-state index contributed by atoms with van der Waals surface area (Å²) in [6.07, 6.45) is 3.97. The molecule has 110 valence electrons. The SMILES string of the molecule is C=C(C)[C@H]1CC=C(C)/C(=N/NC(=O)Nc2ccccc2)C1. The van der Waals surface area contributed by atoms with Gasteiger partial charge in [0.25, 0.3) is 0 Å². The van der Waals surface area contributed by atoms with E-state index in [2.05, 4.69) is 28.5 Å². The van der Waals surface area contributed by atoms with Gasteiger partial charge in [0, 0.05) is 5.69 Å². The highest BCUT2D eigenvalue weighted by atomic mass is 16.2. The van der Waals surface area contributed by atoms with Gasteiger partial charge in [-0.05, 0) is 50.3 Å². The first-order valence-corrected chi connectivity index (χ1v) is 7.07. The van der Waals surface area contributed by atoms with Gasteiger partial charge in [-0.15, -0.1) is 0 Å². The molecule has 0 aliphatic heterocycles. The Morgan fingerprint density at radius 3 is 2.71 bits per heavy atom. The number of para-hydroxylation sites is 1. The predicted molar refractivity (Wildman–Crippen MR) is 87.3 cm³/mol. The molecule has 2 N–H and O–H groups in total. The minimum atomic E-state index is -0.334. The van der Waals surface area contributed by atoms with Crippen molar-refractivity contribution in [3.05, 3.63) is 54.1 Å². The fourth-order valence-corrected chi connectivity index (χ4v) is 2.22. The molecule has 21 heavy (non-hydrogen) atoms. The number of benzene rings is 1. The Hall–Kier alpha value is -2.36. The molecule has 0 radical (unpaired) electrons. The number of nitrogens with zero attached hydrogens (tertiary/aromatic N) is 1. The van der Waals surface area contributed by atoms with Crippen LogP contribution in [-0.2, 0) is 0 Å². The second kappa shape index (κ2) is 6.88. The number of nitrogens with one attached hydrogen (secondary N) is 2. The quantitative estimate of drug-likeness (QED) is 0.637. The first-order chi connectivity index (χ1) is 10.1. The number of urea groups is 1. The standard InChI is InChI=1S/C17H21N3O/c1-12(2)14-10-9-13(3)16(11-14)19-20-17(21)18-15-7-5-4-6-8-15/h4-9,14H,1,10-11H2,2-3H3,(H2,18,20,21)/b19-16+/t14-/m0/s1. The summed E-state index contributed by atoms with van der Waals surface area (Å²) >= 11 is 0. The van der Waals surface area contributed by atoms with Gasteiger partial charge in [0.15, 0.2) is 0 Å². The maximum atomic E-state index is 11.8. The summed E-state index contributed by atoms with van der Waals surface area (Å²) in [6, 6.07) is 8.96. The zero-order chi connectivity index (χ0) is 15.2. The summed E-state index contributed by atoms with van der Waals surface area (Å²) in [7, 11) is 0. The number of allylic oxidation sites excluding steroid dienone is 3. The van der Waals surface area contributed by atoms with Crippen LogP contribution in [0.5, 0.6) is 0 Å². The molecule has 0 aromatic heterocycles. The largest absolute Gasteiger partial charge is 0.339 e. The molecule has 2 amide bonds. The van der Waals surface area contributed by atoms with Crippen molar-refractivity contribution >= 4 is 17.4 Å². The van der Waals surface area contributed by atoms with Gasteiger partial charge in [-0.2, -0.15) is 5.10 Å². The van der Waals surface area contributed by atoms with Crippen molar-refractivity contribution in [3.8, 4) is 0 Å². The average Bonchev–Trinajstić information content (AvgIpc) is 2.47. The van der Waals surface area contributed by atoms with Crippen LogP contribution in [0.2, 0.25) is 0 Å². The summed E-state index contributed by atoms with van der Waals surface area (Å²) in [6.45, 7) is 8.06. The molecule has 1 aliphatic rings. The molecule has 0 heterocycles. The van der Waals surface area contributed by atoms with E-state index in [0.717, 1.165) is 35.4 Å². The van der Waals surface area contributed by atoms with E-state index in [9.17, 15) is 4.79 Å². The Morgan fingerprint density at radius 2 is 2.05 bits per heavy atom. The third-order valence-corrected chi connectivity index (χ3v) is 3.62. The normalized spacial score (nSPS) is 19.8. The smallest absolute Gasteiger partial charge is 0.307 e. The second-order valence-electron chi connectivity index (χ2n) is 5.36. The number of carbonyl (C=O) groups excluding carboxylic acids is 1. The molecule has 4 nitrogen and oxygen atoms in total. The summed E-state index contributed by atoms with van der Waals surface area (Å²) in [4.78, 5) is 11.8. The van der Waals surface area contributed by atoms with E-state index < -0.39 is 0 Å². The van der Waals surface area contributed by atoms with E-state index >= 15 is 0 Å². The molecule has 1 atom stereocenters. The number of hydrogen-bond acceptors (Lipinski definition) is 2. The van der Waals surface area contributed by atoms with E-state index in [0.29, 0.717) is 5.92 Å². The highest BCUT2D eigenvalue weighted by Gasteiger charge is 2.18. The molecular formula is C17H21N3O. The van der Waals surface area contributed by atoms with Crippen molar-refractivity contribution in [1.29, 1.82) is 0 Å². The van der Waals surface area contributed by atoms with Crippen LogP contribution in [0.25, 0.3) is 0 Å². The Morgan fingerprint density at radius 1 is 1.33 bits per heavy atom. The molecule has 1 aromatic carbocycles. The lowest BCUT2D eigenvalue weighted by Gasteiger charge is -2.22. The molecule has 0 unspecified atom stereocenters. The molecule has 0 saturated carbocycles. The van der Waals surface area contributed by atoms with Crippen molar-refractivity contribution in [3.63, 3.8) is 0 Å². The Balaban J connectivity index is 1.96. The number of hydrogen-bond donors (Lipinski definition) is 2. The Bertz CT molecular complexity index is 587. The first-order valence-electron chi connectivity index (χ1n) is 7.07. The minimum Gasteiger partial charge on any atom is -0.307 e. The van der Waals surface area contributed by atoms with Crippen LogP contribution in [0.15, 0.2) is 59.2 Å². The summed E-state index contributed by atoms with van der Waals surface area (Å²) in [5.74, 6) is 0.409. The van der Waals surface area contributed by atoms with E-state index in [1.165, 1.54) is 0 Å². The zero-order valence-corrected chi connectivity index (χ0v) is 12.5. The van der Waals surface area contributed by atoms with Crippen LogP contribution in [-0.4, -0.2) is 11.7 Å². The highest BCUT2D eigenvalue weighted by Crippen LogP contribution is 2.26. The maximum Gasteiger partial charge on any atom is 0.339 e. The number of hydrazone groups is 1. The molecule has 0 saturated heterocycles. The van der Waals surface area contributed by atoms with Crippen LogP contribution in [0, 0.1) is 5.92 Å². The van der Waals surface area contributed by atoms with Crippen LogP contribution < -0.4 is 10.7 Å². The highest BCUT2D eigenvalue weighted by molar-refractivity contribution is 6.01. The number of rotatable bonds is 3. The molecule has 1 aromatic rings.